The van der Waals surface area contributed by atoms with Crippen LogP contribution in [0.4, 0.5) is 11.5 Å². The van der Waals surface area contributed by atoms with Gasteiger partial charge in [-0.1, -0.05) is 0 Å². The Morgan fingerprint density at radius 2 is 2.00 bits per heavy atom. The minimum atomic E-state index is 0.630. The summed E-state index contributed by atoms with van der Waals surface area (Å²) < 4.78 is 5.05. The first kappa shape index (κ1) is 19.8. The highest BCUT2D eigenvalue weighted by atomic mass is 32.1. The van der Waals surface area contributed by atoms with Crippen LogP contribution < -0.4 is 15.5 Å². The summed E-state index contributed by atoms with van der Waals surface area (Å²) in [5, 5.41) is 8.24. The van der Waals surface area contributed by atoms with E-state index in [0.29, 0.717) is 5.11 Å². The Morgan fingerprint density at radius 3 is 2.74 bits per heavy atom. The Labute approximate surface area is 166 Å². The van der Waals surface area contributed by atoms with E-state index in [-0.39, 0.29) is 0 Å². The van der Waals surface area contributed by atoms with Crippen molar-refractivity contribution in [3.8, 4) is 0 Å². The molecule has 6 nitrogen and oxygen atoms in total. The van der Waals surface area contributed by atoms with Gasteiger partial charge in [-0.3, -0.25) is 0 Å². The molecule has 1 saturated heterocycles. The van der Waals surface area contributed by atoms with Gasteiger partial charge in [-0.25, -0.2) is 4.98 Å². The zero-order chi connectivity index (χ0) is 19.2. The number of aryl methyl sites for hydroxylation is 1. The number of benzene rings is 1. The second kappa shape index (κ2) is 9.30. The molecule has 0 saturated carbocycles. The van der Waals surface area contributed by atoms with Crippen molar-refractivity contribution in [1.29, 1.82) is 0 Å². The molecule has 2 aromatic rings. The fourth-order valence-electron chi connectivity index (χ4n) is 3.25. The predicted octanol–water partition coefficient (Wildman–Crippen LogP) is 2.62. The number of fused-ring (bicyclic) bond motifs is 1. The molecule has 0 bridgehead atoms. The molecule has 3 rings (SSSR count). The largest absolute Gasteiger partial charge is 0.385 e. The smallest absolute Gasteiger partial charge is 0.170 e. The normalized spacial score (nSPS) is 15.1. The second-order valence-electron chi connectivity index (χ2n) is 7.05. The van der Waals surface area contributed by atoms with Gasteiger partial charge in [-0.15, -0.1) is 0 Å². The van der Waals surface area contributed by atoms with Gasteiger partial charge in [0, 0.05) is 57.5 Å². The van der Waals surface area contributed by atoms with Crippen LogP contribution in [0.2, 0.25) is 0 Å². The summed E-state index contributed by atoms with van der Waals surface area (Å²) in [6, 6.07) is 8.41. The zero-order valence-corrected chi connectivity index (χ0v) is 17.2. The molecule has 0 spiro atoms. The molecule has 0 aliphatic carbocycles. The zero-order valence-electron chi connectivity index (χ0n) is 16.4. The maximum Gasteiger partial charge on any atom is 0.170 e. The number of likely N-dealkylation sites (N-methyl/N-ethyl adjacent to an activating group) is 1. The molecule has 1 aromatic carbocycles. The number of nitrogens with zero attached hydrogens (tertiary/aromatic N) is 3. The molecule has 1 aliphatic heterocycles. The highest BCUT2D eigenvalue weighted by molar-refractivity contribution is 7.80. The number of hydrogen-bond donors (Lipinski definition) is 2. The van der Waals surface area contributed by atoms with Crippen LogP contribution in [0.3, 0.4) is 0 Å². The summed E-state index contributed by atoms with van der Waals surface area (Å²) in [6.07, 6.45) is 0.925. The van der Waals surface area contributed by atoms with E-state index in [1.165, 1.54) is 5.56 Å². The van der Waals surface area contributed by atoms with Gasteiger partial charge < -0.3 is 25.2 Å². The fraction of sp³-hybridized carbons (Fsp3) is 0.500. The Hall–Kier alpha value is -1.96. The number of anilines is 2. The molecule has 146 valence electrons. The van der Waals surface area contributed by atoms with Crippen LogP contribution in [-0.2, 0) is 4.74 Å². The van der Waals surface area contributed by atoms with E-state index in [0.717, 1.165) is 68.2 Å². The number of piperazine rings is 1. The van der Waals surface area contributed by atoms with E-state index in [9.17, 15) is 0 Å². The molecular weight excluding hydrogens is 358 g/mol. The van der Waals surface area contributed by atoms with E-state index in [4.69, 9.17) is 21.9 Å². The SMILES string of the molecule is COCCCNC(=S)Nc1ccc2nc(N3CCN(C)CC3)cc(C)c2c1. The van der Waals surface area contributed by atoms with Crippen molar-refractivity contribution in [2.75, 3.05) is 63.7 Å². The maximum absolute atomic E-state index is 5.37. The second-order valence-corrected chi connectivity index (χ2v) is 7.46. The predicted molar refractivity (Wildman–Crippen MR) is 117 cm³/mol. The third kappa shape index (κ3) is 5.28. The van der Waals surface area contributed by atoms with Gasteiger partial charge in [0.2, 0.25) is 0 Å². The molecule has 1 aliphatic rings. The summed E-state index contributed by atoms with van der Waals surface area (Å²) in [7, 11) is 3.87. The molecule has 0 atom stereocenters. The fourth-order valence-corrected chi connectivity index (χ4v) is 3.47. The van der Waals surface area contributed by atoms with Crippen molar-refractivity contribution < 1.29 is 4.74 Å². The molecule has 1 aromatic heterocycles. The summed E-state index contributed by atoms with van der Waals surface area (Å²) in [6.45, 7) is 7.88. The molecule has 27 heavy (non-hydrogen) atoms. The van der Waals surface area contributed by atoms with Crippen molar-refractivity contribution in [2.45, 2.75) is 13.3 Å². The van der Waals surface area contributed by atoms with E-state index in [1.54, 1.807) is 7.11 Å². The van der Waals surface area contributed by atoms with Crippen LogP contribution in [0.1, 0.15) is 12.0 Å². The minimum Gasteiger partial charge on any atom is -0.385 e. The van der Waals surface area contributed by atoms with Crippen LogP contribution in [0.15, 0.2) is 24.3 Å². The monoisotopic (exact) mass is 387 g/mol. The van der Waals surface area contributed by atoms with Crippen molar-refractivity contribution in [3.63, 3.8) is 0 Å². The van der Waals surface area contributed by atoms with Gasteiger partial charge in [0.05, 0.1) is 5.52 Å². The first-order chi connectivity index (χ1) is 13.1. The molecule has 1 fully saturated rings. The lowest BCUT2D eigenvalue weighted by Crippen LogP contribution is -2.44. The van der Waals surface area contributed by atoms with Crippen LogP contribution >= 0.6 is 12.2 Å². The first-order valence-corrected chi connectivity index (χ1v) is 9.86. The van der Waals surface area contributed by atoms with E-state index in [1.807, 2.05) is 6.07 Å². The molecule has 0 amide bonds. The molecule has 7 heteroatoms. The molecule has 0 unspecified atom stereocenters. The molecular formula is C20H29N5OS. The third-order valence-corrected chi connectivity index (χ3v) is 5.14. The van der Waals surface area contributed by atoms with Crippen molar-refractivity contribution >= 4 is 39.7 Å². The van der Waals surface area contributed by atoms with Gasteiger partial charge in [0.1, 0.15) is 5.82 Å². The van der Waals surface area contributed by atoms with Gasteiger partial charge in [0.15, 0.2) is 5.11 Å². The number of pyridine rings is 1. The van der Waals surface area contributed by atoms with Gasteiger partial charge >= 0.3 is 0 Å². The van der Waals surface area contributed by atoms with E-state index >= 15 is 0 Å². The average Bonchev–Trinajstić information content (AvgIpc) is 2.66. The summed E-state index contributed by atoms with van der Waals surface area (Å²) in [5.41, 5.74) is 3.23. The lowest BCUT2D eigenvalue weighted by Gasteiger charge is -2.33. The number of thiocarbonyl (C=S) groups is 1. The van der Waals surface area contributed by atoms with Gasteiger partial charge in [0.25, 0.3) is 0 Å². The van der Waals surface area contributed by atoms with Crippen LogP contribution in [0.5, 0.6) is 0 Å². The maximum atomic E-state index is 5.37. The highest BCUT2D eigenvalue weighted by Gasteiger charge is 2.16. The number of aromatic nitrogens is 1. The summed E-state index contributed by atoms with van der Waals surface area (Å²) >= 11 is 5.37. The van der Waals surface area contributed by atoms with Gasteiger partial charge in [-0.2, -0.15) is 0 Å². The first-order valence-electron chi connectivity index (χ1n) is 9.45. The Bertz CT molecular complexity index is 789. The van der Waals surface area contributed by atoms with Crippen LogP contribution in [-0.4, -0.2) is 68.5 Å². The van der Waals surface area contributed by atoms with Crippen molar-refractivity contribution in [3.05, 3.63) is 29.8 Å². The van der Waals surface area contributed by atoms with Crippen molar-refractivity contribution in [2.24, 2.45) is 0 Å². The summed E-state index contributed by atoms with van der Waals surface area (Å²) in [5.74, 6) is 1.07. The number of ether oxygens (including phenoxy) is 1. The van der Waals surface area contributed by atoms with E-state index < -0.39 is 0 Å². The minimum absolute atomic E-state index is 0.630. The summed E-state index contributed by atoms with van der Waals surface area (Å²) in [4.78, 5) is 9.62. The molecule has 0 radical (unpaired) electrons. The molecule has 2 N–H and O–H groups in total. The topological polar surface area (TPSA) is 52.7 Å². The quantitative estimate of drug-likeness (QED) is 0.584. The van der Waals surface area contributed by atoms with E-state index in [2.05, 4.69) is 52.6 Å². The molecule has 2 heterocycles. The van der Waals surface area contributed by atoms with Crippen LogP contribution in [0, 0.1) is 6.92 Å². The van der Waals surface area contributed by atoms with Crippen molar-refractivity contribution in [1.82, 2.24) is 15.2 Å². The average molecular weight is 388 g/mol. The Balaban J connectivity index is 1.69. The standard InChI is InChI=1S/C20H29N5OS/c1-15-13-19(25-10-8-24(2)9-11-25)23-18-6-5-16(14-17(15)18)22-20(27)21-7-4-12-26-3/h5-6,13-14H,4,7-12H2,1-3H3,(H2,21,22,27). The highest BCUT2D eigenvalue weighted by Crippen LogP contribution is 2.25. The lowest BCUT2D eigenvalue weighted by atomic mass is 10.1. The third-order valence-electron chi connectivity index (χ3n) is 4.90. The number of nitrogens with one attached hydrogen (secondary N) is 2. The lowest BCUT2D eigenvalue weighted by molar-refractivity contribution is 0.196. The van der Waals surface area contributed by atoms with Gasteiger partial charge in [-0.05, 0) is 62.4 Å². The number of hydrogen-bond acceptors (Lipinski definition) is 5. The number of methoxy groups -OCH3 is 1. The Morgan fingerprint density at radius 1 is 1.22 bits per heavy atom. The Kier molecular flexibility index (Phi) is 6.82. The number of rotatable bonds is 6. The van der Waals surface area contributed by atoms with Crippen LogP contribution in [0.25, 0.3) is 10.9 Å².